The van der Waals surface area contributed by atoms with E-state index < -0.39 is 0 Å². The van der Waals surface area contributed by atoms with Gasteiger partial charge in [0.25, 0.3) is 5.91 Å². The number of rotatable bonds is 6. The predicted octanol–water partition coefficient (Wildman–Crippen LogP) is 4.96. The first-order chi connectivity index (χ1) is 13.9. The summed E-state index contributed by atoms with van der Waals surface area (Å²) in [6.07, 6.45) is 0. The highest BCUT2D eigenvalue weighted by Crippen LogP contribution is 2.32. The van der Waals surface area contributed by atoms with E-state index in [1.54, 1.807) is 19.1 Å². The Hall–Kier alpha value is -3.12. The molecular formula is C23H24N2O3S. The molecule has 5 nitrogen and oxygen atoms in total. The Kier molecular flexibility index (Phi) is 6.34. The van der Waals surface area contributed by atoms with Crippen LogP contribution in [0.5, 0.6) is 5.75 Å². The first-order valence-corrected chi connectivity index (χ1v) is 10.1. The van der Waals surface area contributed by atoms with Crippen molar-refractivity contribution < 1.29 is 14.3 Å². The summed E-state index contributed by atoms with van der Waals surface area (Å²) in [6, 6.07) is 17.3. The van der Waals surface area contributed by atoms with Gasteiger partial charge in [-0.3, -0.25) is 9.59 Å². The maximum atomic E-state index is 12.8. The molecule has 0 fully saturated rings. The van der Waals surface area contributed by atoms with Gasteiger partial charge in [-0.15, -0.1) is 11.3 Å². The van der Waals surface area contributed by atoms with Crippen molar-refractivity contribution in [1.29, 1.82) is 0 Å². The quantitative estimate of drug-likeness (QED) is 0.627. The molecule has 0 spiro atoms. The number of carbonyl (C=O) groups excluding carboxylic acids is 2. The zero-order chi connectivity index (χ0) is 21.0. The summed E-state index contributed by atoms with van der Waals surface area (Å²) in [5, 5.41) is 2.96. The van der Waals surface area contributed by atoms with Crippen molar-refractivity contribution >= 4 is 28.8 Å². The van der Waals surface area contributed by atoms with Gasteiger partial charge in [0, 0.05) is 31.1 Å². The molecule has 1 heterocycles. The number of thiophene rings is 1. The second kappa shape index (κ2) is 8.92. The number of ether oxygens (including phenoxy) is 1. The molecule has 0 bridgehead atoms. The van der Waals surface area contributed by atoms with E-state index in [9.17, 15) is 9.59 Å². The van der Waals surface area contributed by atoms with Crippen LogP contribution in [0.1, 0.15) is 27.0 Å². The normalized spacial score (nSPS) is 10.5. The summed E-state index contributed by atoms with van der Waals surface area (Å²) in [6.45, 7) is 4.04. The van der Waals surface area contributed by atoms with Gasteiger partial charge in [0.2, 0.25) is 5.91 Å². The summed E-state index contributed by atoms with van der Waals surface area (Å²) in [4.78, 5) is 27.6. The second-order valence-electron chi connectivity index (χ2n) is 6.84. The molecule has 3 rings (SSSR count). The van der Waals surface area contributed by atoms with Crippen molar-refractivity contribution in [3.05, 3.63) is 69.9 Å². The molecule has 3 aromatic rings. The summed E-state index contributed by atoms with van der Waals surface area (Å²) in [5.41, 5.74) is 3.76. The fourth-order valence-corrected chi connectivity index (χ4v) is 3.91. The summed E-state index contributed by atoms with van der Waals surface area (Å²) in [7, 11) is 3.39. The molecule has 0 saturated heterocycles. The number of aryl methyl sites for hydroxylation is 1. The fourth-order valence-electron chi connectivity index (χ4n) is 2.98. The van der Waals surface area contributed by atoms with Gasteiger partial charge in [-0.1, -0.05) is 24.3 Å². The third-order valence-electron chi connectivity index (χ3n) is 4.68. The minimum atomic E-state index is -0.144. The number of carbonyl (C=O) groups is 2. The number of nitrogens with one attached hydrogen (secondary N) is 1. The molecule has 6 heteroatoms. The number of hydrogen-bond acceptors (Lipinski definition) is 4. The van der Waals surface area contributed by atoms with E-state index in [4.69, 9.17) is 4.74 Å². The minimum absolute atomic E-state index is 0.000407. The maximum absolute atomic E-state index is 12.8. The molecule has 0 aliphatic heterocycles. The Morgan fingerprint density at radius 1 is 1.10 bits per heavy atom. The van der Waals surface area contributed by atoms with Crippen molar-refractivity contribution in [3.63, 3.8) is 0 Å². The van der Waals surface area contributed by atoms with Gasteiger partial charge in [-0.25, -0.2) is 0 Å². The molecule has 29 heavy (non-hydrogen) atoms. The van der Waals surface area contributed by atoms with Crippen molar-refractivity contribution in [2.75, 3.05) is 19.5 Å². The Labute approximate surface area is 174 Å². The van der Waals surface area contributed by atoms with Crippen LogP contribution in [0.25, 0.3) is 11.1 Å². The van der Waals surface area contributed by atoms with Crippen LogP contribution in [0, 0.1) is 6.92 Å². The zero-order valence-corrected chi connectivity index (χ0v) is 17.8. The van der Waals surface area contributed by atoms with Gasteiger partial charge in [0.05, 0.1) is 12.0 Å². The molecule has 0 atom stereocenters. The summed E-state index contributed by atoms with van der Waals surface area (Å²) in [5.74, 6) is 0.657. The van der Waals surface area contributed by atoms with E-state index in [1.807, 2.05) is 61.5 Å². The molecule has 2 aromatic carbocycles. The van der Waals surface area contributed by atoms with E-state index in [1.165, 1.54) is 18.3 Å². The lowest BCUT2D eigenvalue weighted by Crippen LogP contribution is -2.23. The van der Waals surface area contributed by atoms with Gasteiger partial charge < -0.3 is 15.0 Å². The Morgan fingerprint density at radius 3 is 2.48 bits per heavy atom. The highest BCUT2D eigenvalue weighted by atomic mass is 32.1. The SMILES string of the molecule is COc1ccc(-c2cc(C(=O)Nc3cccc(CN(C)C(C)=O)c3)sc2C)cc1. The highest BCUT2D eigenvalue weighted by Gasteiger charge is 2.14. The number of hydrogen-bond donors (Lipinski definition) is 1. The smallest absolute Gasteiger partial charge is 0.265 e. The molecule has 1 aromatic heterocycles. The predicted molar refractivity (Wildman–Crippen MR) is 118 cm³/mol. The van der Waals surface area contributed by atoms with Gasteiger partial charge in [-0.2, -0.15) is 0 Å². The average Bonchev–Trinajstić information content (AvgIpc) is 3.10. The molecule has 0 saturated carbocycles. The first kappa shape index (κ1) is 20.6. The van der Waals surface area contributed by atoms with Crippen molar-refractivity contribution in [3.8, 4) is 16.9 Å². The van der Waals surface area contributed by atoms with Crippen LogP contribution in [0.4, 0.5) is 5.69 Å². The highest BCUT2D eigenvalue weighted by molar-refractivity contribution is 7.14. The number of nitrogens with zero attached hydrogens (tertiary/aromatic N) is 1. The van der Waals surface area contributed by atoms with E-state index in [-0.39, 0.29) is 11.8 Å². The molecule has 1 N–H and O–H groups in total. The molecule has 0 aliphatic rings. The Balaban J connectivity index is 1.75. The zero-order valence-electron chi connectivity index (χ0n) is 17.0. The van der Waals surface area contributed by atoms with Crippen molar-refractivity contribution in [1.82, 2.24) is 4.90 Å². The van der Waals surface area contributed by atoms with Gasteiger partial charge in [0.1, 0.15) is 5.75 Å². The topological polar surface area (TPSA) is 58.6 Å². The lowest BCUT2D eigenvalue weighted by atomic mass is 10.1. The maximum Gasteiger partial charge on any atom is 0.265 e. The number of amides is 2. The third-order valence-corrected chi connectivity index (χ3v) is 5.73. The lowest BCUT2D eigenvalue weighted by molar-refractivity contribution is -0.128. The van der Waals surface area contributed by atoms with Gasteiger partial charge >= 0.3 is 0 Å². The molecule has 0 aliphatic carbocycles. The number of methoxy groups -OCH3 is 1. The van der Waals surface area contributed by atoms with Crippen LogP contribution in [0.3, 0.4) is 0 Å². The molecule has 0 unspecified atom stereocenters. The van der Waals surface area contributed by atoms with E-state index in [0.29, 0.717) is 17.1 Å². The lowest BCUT2D eigenvalue weighted by Gasteiger charge is -2.15. The monoisotopic (exact) mass is 408 g/mol. The Morgan fingerprint density at radius 2 is 1.83 bits per heavy atom. The first-order valence-electron chi connectivity index (χ1n) is 9.24. The molecule has 150 valence electrons. The molecule has 2 amide bonds. The van der Waals surface area contributed by atoms with E-state index >= 15 is 0 Å². The van der Waals surface area contributed by atoms with Crippen LogP contribution >= 0.6 is 11.3 Å². The van der Waals surface area contributed by atoms with Gasteiger partial charge in [-0.05, 0) is 53.9 Å². The van der Waals surface area contributed by atoms with Crippen LogP contribution < -0.4 is 10.1 Å². The number of benzene rings is 2. The molecule has 0 radical (unpaired) electrons. The third kappa shape index (κ3) is 5.03. The van der Waals surface area contributed by atoms with E-state index in [0.717, 1.165) is 27.3 Å². The van der Waals surface area contributed by atoms with Gasteiger partial charge in [0.15, 0.2) is 0 Å². The van der Waals surface area contributed by atoms with E-state index in [2.05, 4.69) is 5.32 Å². The van der Waals surface area contributed by atoms with Crippen molar-refractivity contribution in [2.45, 2.75) is 20.4 Å². The number of anilines is 1. The van der Waals surface area contributed by atoms with Crippen LogP contribution in [0.15, 0.2) is 54.6 Å². The van der Waals surface area contributed by atoms with Crippen LogP contribution in [-0.4, -0.2) is 30.9 Å². The molecular weight excluding hydrogens is 384 g/mol. The van der Waals surface area contributed by atoms with Crippen LogP contribution in [0.2, 0.25) is 0 Å². The van der Waals surface area contributed by atoms with Crippen molar-refractivity contribution in [2.24, 2.45) is 0 Å². The summed E-state index contributed by atoms with van der Waals surface area (Å²) < 4.78 is 5.21. The fraction of sp³-hybridized carbons (Fsp3) is 0.217. The average molecular weight is 409 g/mol. The largest absolute Gasteiger partial charge is 0.497 e. The Bertz CT molecular complexity index is 1020. The van der Waals surface area contributed by atoms with Crippen LogP contribution in [-0.2, 0) is 11.3 Å². The minimum Gasteiger partial charge on any atom is -0.497 e. The summed E-state index contributed by atoms with van der Waals surface area (Å²) >= 11 is 1.47. The standard InChI is InChI=1S/C23H24N2O3S/c1-15-21(18-8-10-20(28-4)11-9-18)13-22(29-15)23(27)24-19-7-5-6-17(12-19)14-25(3)16(2)26/h5-13H,14H2,1-4H3,(H,24,27). The second-order valence-corrected chi connectivity index (χ2v) is 8.09.